The zero-order chi connectivity index (χ0) is 16.9. The quantitative estimate of drug-likeness (QED) is 0.732. The van der Waals surface area contributed by atoms with E-state index in [0.717, 1.165) is 0 Å². The molecule has 0 spiro atoms. The minimum absolute atomic E-state index is 0.0449. The average Bonchev–Trinajstić information content (AvgIpc) is 2.83. The fourth-order valence-electron chi connectivity index (χ4n) is 2.04. The van der Waals surface area contributed by atoms with E-state index in [1.54, 1.807) is 0 Å². The maximum atomic E-state index is 12.7. The largest absolute Gasteiger partial charge is 0.482 e. The third kappa shape index (κ3) is 5.85. The van der Waals surface area contributed by atoms with E-state index in [1.165, 1.54) is 24.3 Å². The number of hydrogen-bond acceptors (Lipinski definition) is 6. The Kier molecular flexibility index (Phi) is 5.54. The first-order chi connectivity index (χ1) is 10.8. The highest BCUT2D eigenvalue weighted by atomic mass is 32.2. The van der Waals surface area contributed by atoms with Crippen LogP contribution >= 0.6 is 0 Å². The maximum Gasteiger partial charge on any atom is 0.344 e. The maximum absolute atomic E-state index is 12.7. The first-order valence-electron chi connectivity index (χ1n) is 6.88. The molecule has 1 fully saturated rings. The number of ether oxygens (including phenoxy) is 2. The topological polar surface area (TPSA) is 98.8 Å². The SMILES string of the molecule is O=C(COC(=O)COc1ccc(F)cc1)N[C@H]1CCS(=O)(=O)C1. The lowest BCUT2D eigenvalue weighted by molar-refractivity contribution is -0.150. The molecule has 7 nitrogen and oxygen atoms in total. The van der Waals surface area contributed by atoms with Crippen molar-refractivity contribution in [3.05, 3.63) is 30.1 Å². The van der Waals surface area contributed by atoms with Crippen LogP contribution in [0.3, 0.4) is 0 Å². The third-order valence-electron chi connectivity index (χ3n) is 3.13. The molecule has 0 aromatic heterocycles. The van der Waals surface area contributed by atoms with Crippen molar-refractivity contribution in [1.82, 2.24) is 5.32 Å². The van der Waals surface area contributed by atoms with Crippen molar-refractivity contribution in [2.24, 2.45) is 0 Å². The molecule has 0 aliphatic carbocycles. The van der Waals surface area contributed by atoms with E-state index in [2.05, 4.69) is 5.32 Å². The molecule has 1 heterocycles. The van der Waals surface area contributed by atoms with Crippen LogP contribution in [0, 0.1) is 5.82 Å². The van der Waals surface area contributed by atoms with Gasteiger partial charge < -0.3 is 14.8 Å². The first-order valence-corrected chi connectivity index (χ1v) is 8.70. The Hall–Kier alpha value is -2.16. The molecule has 2 rings (SSSR count). The van der Waals surface area contributed by atoms with Crippen LogP contribution in [0.25, 0.3) is 0 Å². The van der Waals surface area contributed by atoms with Gasteiger partial charge in [-0.2, -0.15) is 0 Å². The number of sulfone groups is 1. The summed E-state index contributed by atoms with van der Waals surface area (Å²) in [7, 11) is -3.08. The number of amides is 1. The summed E-state index contributed by atoms with van der Waals surface area (Å²) >= 11 is 0. The van der Waals surface area contributed by atoms with Crippen LogP contribution in [-0.4, -0.2) is 51.1 Å². The molecule has 23 heavy (non-hydrogen) atoms. The van der Waals surface area contributed by atoms with E-state index >= 15 is 0 Å². The number of hydrogen-bond donors (Lipinski definition) is 1. The van der Waals surface area contributed by atoms with E-state index in [0.29, 0.717) is 12.2 Å². The summed E-state index contributed by atoms with van der Waals surface area (Å²) in [6.07, 6.45) is 0.357. The molecule has 0 unspecified atom stereocenters. The van der Waals surface area contributed by atoms with Gasteiger partial charge in [0.25, 0.3) is 5.91 Å². The molecule has 0 bridgehead atoms. The van der Waals surface area contributed by atoms with Gasteiger partial charge in [-0.05, 0) is 30.7 Å². The molecule has 1 aromatic rings. The number of carbonyl (C=O) groups excluding carboxylic acids is 2. The molecular weight excluding hydrogens is 329 g/mol. The molecule has 1 aliphatic heterocycles. The van der Waals surface area contributed by atoms with Gasteiger partial charge in [0.05, 0.1) is 11.5 Å². The molecule has 126 valence electrons. The predicted molar refractivity (Wildman–Crippen MR) is 78.1 cm³/mol. The minimum Gasteiger partial charge on any atom is -0.482 e. The zero-order valence-electron chi connectivity index (χ0n) is 12.2. The van der Waals surface area contributed by atoms with Gasteiger partial charge in [0.2, 0.25) is 0 Å². The molecule has 1 N–H and O–H groups in total. The fourth-order valence-corrected chi connectivity index (χ4v) is 3.71. The normalized spacial score (nSPS) is 19.1. The summed E-state index contributed by atoms with van der Waals surface area (Å²) in [5.74, 6) is -1.51. The summed E-state index contributed by atoms with van der Waals surface area (Å²) in [5, 5.41) is 2.49. The molecule has 0 radical (unpaired) electrons. The summed E-state index contributed by atoms with van der Waals surface area (Å²) in [5.41, 5.74) is 0. The molecular formula is C14H16FNO6S. The van der Waals surface area contributed by atoms with Gasteiger partial charge in [-0.15, -0.1) is 0 Å². The van der Waals surface area contributed by atoms with Gasteiger partial charge in [-0.3, -0.25) is 4.79 Å². The smallest absolute Gasteiger partial charge is 0.344 e. The summed E-state index contributed by atoms with van der Waals surface area (Å²) in [4.78, 5) is 23.0. The molecule has 1 aromatic carbocycles. The molecule has 0 saturated carbocycles. The Bertz CT molecular complexity index is 673. The van der Waals surface area contributed by atoms with Crippen LogP contribution in [0.1, 0.15) is 6.42 Å². The average molecular weight is 345 g/mol. The van der Waals surface area contributed by atoms with Crippen LogP contribution in [0.15, 0.2) is 24.3 Å². The number of rotatable bonds is 6. The van der Waals surface area contributed by atoms with Gasteiger partial charge in [-0.1, -0.05) is 0 Å². The van der Waals surface area contributed by atoms with Crippen molar-refractivity contribution < 1.29 is 31.9 Å². The van der Waals surface area contributed by atoms with Crippen molar-refractivity contribution in [3.63, 3.8) is 0 Å². The highest BCUT2D eigenvalue weighted by Gasteiger charge is 2.29. The van der Waals surface area contributed by atoms with E-state index in [1.807, 2.05) is 0 Å². The van der Waals surface area contributed by atoms with Gasteiger partial charge >= 0.3 is 5.97 Å². The molecule has 1 saturated heterocycles. The van der Waals surface area contributed by atoms with Crippen molar-refractivity contribution in [3.8, 4) is 5.75 Å². The Morgan fingerprint density at radius 2 is 1.91 bits per heavy atom. The van der Waals surface area contributed by atoms with Crippen LogP contribution in [0.5, 0.6) is 5.75 Å². The number of nitrogens with one attached hydrogen (secondary N) is 1. The van der Waals surface area contributed by atoms with Crippen LogP contribution in [0.4, 0.5) is 4.39 Å². The lowest BCUT2D eigenvalue weighted by atomic mass is 10.2. The summed E-state index contributed by atoms with van der Waals surface area (Å²) in [6, 6.07) is 4.64. The van der Waals surface area contributed by atoms with Gasteiger partial charge in [0.15, 0.2) is 23.1 Å². The molecule has 1 amide bonds. The van der Waals surface area contributed by atoms with Gasteiger partial charge in [-0.25, -0.2) is 17.6 Å². The second kappa shape index (κ2) is 7.40. The number of carbonyl (C=O) groups is 2. The highest BCUT2D eigenvalue weighted by molar-refractivity contribution is 7.91. The van der Waals surface area contributed by atoms with E-state index < -0.39 is 46.8 Å². The molecule has 9 heteroatoms. The Morgan fingerprint density at radius 1 is 1.22 bits per heavy atom. The predicted octanol–water partition coefficient (Wildman–Crippen LogP) is 0.0510. The van der Waals surface area contributed by atoms with Crippen molar-refractivity contribution in [2.75, 3.05) is 24.7 Å². The highest BCUT2D eigenvalue weighted by Crippen LogP contribution is 2.11. The Labute approximate surface area is 132 Å². The van der Waals surface area contributed by atoms with Crippen LogP contribution in [0.2, 0.25) is 0 Å². The molecule has 1 atom stereocenters. The standard InChI is InChI=1S/C14H16FNO6S/c15-10-1-3-12(4-2-10)21-8-14(18)22-7-13(17)16-11-5-6-23(19,20)9-11/h1-4,11H,5-9H2,(H,16,17)/t11-/m0/s1. The first kappa shape index (κ1) is 17.2. The van der Waals surface area contributed by atoms with Crippen LogP contribution in [-0.2, 0) is 24.2 Å². The zero-order valence-corrected chi connectivity index (χ0v) is 13.0. The van der Waals surface area contributed by atoms with Crippen molar-refractivity contribution in [2.45, 2.75) is 12.5 Å². The van der Waals surface area contributed by atoms with Gasteiger partial charge in [0, 0.05) is 6.04 Å². The Balaban J connectivity index is 1.66. The van der Waals surface area contributed by atoms with E-state index in [-0.39, 0.29) is 11.5 Å². The number of halogens is 1. The Morgan fingerprint density at radius 3 is 2.52 bits per heavy atom. The monoisotopic (exact) mass is 345 g/mol. The fraction of sp³-hybridized carbons (Fsp3) is 0.429. The summed E-state index contributed by atoms with van der Waals surface area (Å²) < 4.78 is 45.0. The second-order valence-corrected chi connectivity index (χ2v) is 7.30. The third-order valence-corrected chi connectivity index (χ3v) is 4.90. The number of esters is 1. The second-order valence-electron chi connectivity index (χ2n) is 5.07. The van der Waals surface area contributed by atoms with E-state index in [9.17, 15) is 22.4 Å². The molecule has 1 aliphatic rings. The van der Waals surface area contributed by atoms with Crippen molar-refractivity contribution >= 4 is 21.7 Å². The van der Waals surface area contributed by atoms with Gasteiger partial charge in [0.1, 0.15) is 11.6 Å². The summed E-state index contributed by atoms with van der Waals surface area (Å²) in [6.45, 7) is -0.932. The van der Waals surface area contributed by atoms with Crippen LogP contribution < -0.4 is 10.1 Å². The minimum atomic E-state index is -3.08. The lowest BCUT2D eigenvalue weighted by Crippen LogP contribution is -2.38. The number of benzene rings is 1. The van der Waals surface area contributed by atoms with Crippen molar-refractivity contribution in [1.29, 1.82) is 0 Å². The lowest BCUT2D eigenvalue weighted by Gasteiger charge is -2.11. The van der Waals surface area contributed by atoms with E-state index in [4.69, 9.17) is 9.47 Å².